The van der Waals surface area contributed by atoms with Crippen molar-refractivity contribution >= 4 is 6.08 Å². The van der Waals surface area contributed by atoms with Gasteiger partial charge in [0.15, 0.2) is 0 Å². The van der Waals surface area contributed by atoms with Crippen LogP contribution in [-0.4, -0.2) is 6.54 Å². The molecule has 0 fully saturated rings. The van der Waals surface area contributed by atoms with E-state index in [-0.39, 0.29) is 12.1 Å². The van der Waals surface area contributed by atoms with E-state index in [0.29, 0.717) is 6.42 Å². The maximum Gasteiger partial charge on any atom is 0.133 e. The van der Waals surface area contributed by atoms with Gasteiger partial charge in [0.05, 0.1) is 0 Å². The lowest BCUT2D eigenvalue weighted by atomic mass is 10.1. The maximum absolute atomic E-state index is 13.1. The molecule has 1 rings (SSSR count). The van der Waals surface area contributed by atoms with Gasteiger partial charge in [0.1, 0.15) is 11.6 Å². The van der Waals surface area contributed by atoms with E-state index in [1.807, 2.05) is 0 Å². The summed E-state index contributed by atoms with van der Waals surface area (Å²) in [6.07, 6.45) is 3.37. The molecule has 0 bridgehead atoms. The van der Waals surface area contributed by atoms with Crippen LogP contribution in [0, 0.1) is 11.6 Å². The van der Waals surface area contributed by atoms with Crippen molar-refractivity contribution in [2.75, 3.05) is 6.54 Å². The van der Waals surface area contributed by atoms with Gasteiger partial charge in [0.2, 0.25) is 0 Å². The molecule has 0 N–H and O–H groups in total. The van der Waals surface area contributed by atoms with Crippen LogP contribution in [0.4, 0.5) is 8.78 Å². The molecule has 0 amide bonds. The van der Waals surface area contributed by atoms with Gasteiger partial charge < -0.3 is 0 Å². The van der Waals surface area contributed by atoms with Crippen LogP contribution in [-0.2, 0) is 0 Å². The molecular weight excluding hydrogens is 200 g/mol. The van der Waals surface area contributed by atoms with Crippen molar-refractivity contribution < 1.29 is 8.78 Å². The Kier molecular flexibility index (Phi) is 4.31. The van der Waals surface area contributed by atoms with Crippen LogP contribution in [0.5, 0.6) is 0 Å². The first-order valence-corrected chi connectivity index (χ1v) is 4.37. The molecule has 0 saturated carbocycles. The summed E-state index contributed by atoms with van der Waals surface area (Å²) in [6, 6.07) is 3.69. The molecule has 0 heterocycles. The topological polar surface area (TPSA) is 48.8 Å². The van der Waals surface area contributed by atoms with Crippen molar-refractivity contribution in [2.45, 2.75) is 6.42 Å². The molecule has 5 heteroatoms. The molecule has 0 aliphatic rings. The minimum atomic E-state index is -0.602. The van der Waals surface area contributed by atoms with Gasteiger partial charge in [-0.05, 0) is 24.1 Å². The molecule has 0 atom stereocenters. The van der Waals surface area contributed by atoms with Crippen LogP contribution in [0.15, 0.2) is 29.4 Å². The van der Waals surface area contributed by atoms with Crippen LogP contribution < -0.4 is 0 Å². The van der Waals surface area contributed by atoms with Gasteiger partial charge in [-0.2, -0.15) is 0 Å². The Bertz CT molecular complexity index is 389. The highest BCUT2D eigenvalue weighted by molar-refractivity contribution is 5.50. The molecule has 0 saturated heterocycles. The minimum Gasteiger partial charge on any atom is -0.206 e. The fourth-order valence-electron chi connectivity index (χ4n) is 1.05. The molecule has 15 heavy (non-hydrogen) atoms. The summed E-state index contributed by atoms with van der Waals surface area (Å²) in [5.41, 5.74) is 7.91. The maximum atomic E-state index is 13.1. The Morgan fingerprint density at radius 2 is 2.00 bits per heavy atom. The van der Waals surface area contributed by atoms with Crippen LogP contribution in [0.1, 0.15) is 12.0 Å². The lowest BCUT2D eigenvalue weighted by Crippen LogP contribution is -1.87. The lowest BCUT2D eigenvalue weighted by molar-refractivity contribution is 0.578. The Labute approximate surface area is 85.7 Å². The average molecular weight is 209 g/mol. The number of azide groups is 1. The van der Waals surface area contributed by atoms with Crippen molar-refractivity contribution in [3.8, 4) is 0 Å². The Morgan fingerprint density at radius 1 is 1.33 bits per heavy atom. The second-order valence-electron chi connectivity index (χ2n) is 2.78. The predicted molar refractivity (Wildman–Crippen MR) is 54.0 cm³/mol. The van der Waals surface area contributed by atoms with Gasteiger partial charge >= 0.3 is 0 Å². The first-order valence-electron chi connectivity index (χ1n) is 4.37. The lowest BCUT2D eigenvalue weighted by Gasteiger charge is -1.97. The zero-order chi connectivity index (χ0) is 11.1. The Morgan fingerprint density at radius 3 is 2.60 bits per heavy atom. The van der Waals surface area contributed by atoms with Crippen molar-refractivity contribution in [2.24, 2.45) is 5.11 Å². The van der Waals surface area contributed by atoms with E-state index in [9.17, 15) is 8.78 Å². The number of nitrogens with zero attached hydrogens (tertiary/aromatic N) is 3. The van der Waals surface area contributed by atoms with E-state index < -0.39 is 11.6 Å². The standard InChI is InChI=1S/C10H9F2N3/c11-9-5-3-6-10(12)8(9)4-1-2-7-14-15-13/h1,3-6H,2,7H2. The van der Waals surface area contributed by atoms with Gasteiger partial charge in [0.25, 0.3) is 0 Å². The fourth-order valence-corrected chi connectivity index (χ4v) is 1.05. The number of hydrogen-bond donors (Lipinski definition) is 0. The first-order chi connectivity index (χ1) is 7.25. The summed E-state index contributed by atoms with van der Waals surface area (Å²) in [5.74, 6) is -1.20. The number of benzene rings is 1. The molecule has 1 aromatic carbocycles. The summed E-state index contributed by atoms with van der Waals surface area (Å²) in [5, 5.41) is 3.29. The monoisotopic (exact) mass is 209 g/mol. The van der Waals surface area contributed by atoms with Crippen LogP contribution in [0.3, 0.4) is 0 Å². The van der Waals surface area contributed by atoms with E-state index >= 15 is 0 Å². The smallest absolute Gasteiger partial charge is 0.133 e. The van der Waals surface area contributed by atoms with E-state index in [0.717, 1.165) is 0 Å². The number of hydrogen-bond acceptors (Lipinski definition) is 1. The highest BCUT2D eigenvalue weighted by atomic mass is 19.1. The van der Waals surface area contributed by atoms with Crippen molar-refractivity contribution in [1.82, 2.24) is 0 Å². The fraction of sp³-hybridized carbons (Fsp3) is 0.200. The zero-order valence-electron chi connectivity index (χ0n) is 7.90. The molecule has 0 aromatic heterocycles. The second-order valence-corrected chi connectivity index (χ2v) is 2.78. The molecular formula is C10H9F2N3. The third-order valence-corrected chi connectivity index (χ3v) is 1.74. The van der Waals surface area contributed by atoms with Gasteiger partial charge in [0, 0.05) is 17.0 Å². The summed E-state index contributed by atoms with van der Waals surface area (Å²) in [7, 11) is 0. The van der Waals surface area contributed by atoms with Gasteiger partial charge in [-0.15, -0.1) is 0 Å². The van der Waals surface area contributed by atoms with Crippen molar-refractivity contribution in [1.29, 1.82) is 0 Å². The summed E-state index contributed by atoms with van der Waals surface area (Å²) in [4.78, 5) is 2.56. The molecule has 78 valence electrons. The highest BCUT2D eigenvalue weighted by Gasteiger charge is 2.03. The Balaban J connectivity index is 2.67. The van der Waals surface area contributed by atoms with E-state index in [1.165, 1.54) is 24.3 Å². The first kappa shape index (κ1) is 11.2. The van der Waals surface area contributed by atoms with Crippen molar-refractivity contribution in [3.63, 3.8) is 0 Å². The molecule has 0 aliphatic carbocycles. The summed E-state index contributed by atoms with van der Waals surface area (Å²) in [6.45, 7) is 0.281. The molecule has 0 spiro atoms. The summed E-state index contributed by atoms with van der Waals surface area (Å²) >= 11 is 0. The van der Waals surface area contributed by atoms with Gasteiger partial charge in [-0.3, -0.25) is 0 Å². The minimum absolute atomic E-state index is 0.0709. The largest absolute Gasteiger partial charge is 0.206 e. The molecule has 0 unspecified atom stereocenters. The van der Waals surface area contributed by atoms with E-state index in [2.05, 4.69) is 10.0 Å². The van der Waals surface area contributed by atoms with E-state index in [1.54, 1.807) is 6.08 Å². The summed E-state index contributed by atoms with van der Waals surface area (Å²) < 4.78 is 26.1. The SMILES string of the molecule is [N-]=[N+]=NCCC=Cc1c(F)cccc1F. The van der Waals surface area contributed by atoms with Crippen LogP contribution in [0.25, 0.3) is 16.5 Å². The number of rotatable bonds is 4. The molecule has 3 nitrogen and oxygen atoms in total. The normalized spacial score (nSPS) is 10.3. The van der Waals surface area contributed by atoms with Gasteiger partial charge in [-0.1, -0.05) is 23.3 Å². The number of halogens is 2. The zero-order valence-corrected chi connectivity index (χ0v) is 7.90. The quantitative estimate of drug-likeness (QED) is 0.314. The molecule has 0 radical (unpaired) electrons. The predicted octanol–water partition coefficient (Wildman–Crippen LogP) is 3.68. The Hall–Kier alpha value is -1.87. The van der Waals surface area contributed by atoms with Crippen molar-refractivity contribution in [3.05, 3.63) is 51.9 Å². The van der Waals surface area contributed by atoms with Crippen LogP contribution >= 0.6 is 0 Å². The third kappa shape index (κ3) is 3.40. The second kappa shape index (κ2) is 5.78. The van der Waals surface area contributed by atoms with Gasteiger partial charge in [-0.25, -0.2) is 8.78 Å². The molecule has 1 aromatic rings. The highest BCUT2D eigenvalue weighted by Crippen LogP contribution is 2.13. The molecule has 0 aliphatic heterocycles. The third-order valence-electron chi connectivity index (χ3n) is 1.74. The average Bonchev–Trinajstić information content (AvgIpc) is 2.21. The van der Waals surface area contributed by atoms with Crippen LogP contribution in [0.2, 0.25) is 0 Å². The van der Waals surface area contributed by atoms with E-state index in [4.69, 9.17) is 5.53 Å².